The summed E-state index contributed by atoms with van der Waals surface area (Å²) in [5, 5.41) is 10.5. The second kappa shape index (κ2) is 7.54. The molecule has 0 N–H and O–H groups in total. The van der Waals surface area contributed by atoms with Crippen LogP contribution in [0.25, 0.3) is 0 Å². The first-order valence-electron chi connectivity index (χ1n) is 8.75. The van der Waals surface area contributed by atoms with Gasteiger partial charge in [-0.1, -0.05) is 20.8 Å². The summed E-state index contributed by atoms with van der Waals surface area (Å²) in [4.78, 5) is 5.99. The van der Waals surface area contributed by atoms with E-state index in [1.807, 2.05) is 24.4 Å². The molecule has 0 saturated carbocycles. The minimum atomic E-state index is 0.299. The summed E-state index contributed by atoms with van der Waals surface area (Å²) in [6.07, 6.45) is 5.02. The number of aliphatic imine (C=N–C) groups is 1. The van der Waals surface area contributed by atoms with Crippen LogP contribution in [0.5, 0.6) is 5.75 Å². The fourth-order valence-corrected chi connectivity index (χ4v) is 5.19. The minimum Gasteiger partial charge on any atom is -0.496 e. The molecule has 1 aliphatic carbocycles. The first-order valence-corrected chi connectivity index (χ1v) is 10.4. The van der Waals surface area contributed by atoms with Crippen molar-refractivity contribution in [3.8, 4) is 11.8 Å². The van der Waals surface area contributed by atoms with Gasteiger partial charge >= 0.3 is 0 Å². The number of ether oxygens (including phenoxy) is 1. The van der Waals surface area contributed by atoms with E-state index in [4.69, 9.17) is 4.74 Å². The van der Waals surface area contributed by atoms with Crippen LogP contribution in [0.3, 0.4) is 0 Å². The molecule has 0 spiro atoms. The maximum atomic E-state index is 9.66. The molecule has 1 aromatic heterocycles. The van der Waals surface area contributed by atoms with Crippen LogP contribution >= 0.6 is 27.3 Å². The summed E-state index contributed by atoms with van der Waals surface area (Å²) < 4.78 is 6.15. The SMILES string of the molecule is COc1ccc(C=Nc2sc3c(c2C#N)CC[C@H](C(C)(C)C)C3)cc1Br. The molecule has 2 aromatic rings. The number of halogens is 1. The van der Waals surface area contributed by atoms with E-state index in [1.165, 1.54) is 10.4 Å². The molecule has 3 rings (SSSR count). The number of rotatable bonds is 3. The van der Waals surface area contributed by atoms with Crippen molar-refractivity contribution in [1.82, 2.24) is 0 Å². The first-order chi connectivity index (χ1) is 12.3. The second-order valence-corrected chi connectivity index (χ2v) is 9.69. The predicted octanol–water partition coefficient (Wildman–Crippen LogP) is 6.29. The Hall–Kier alpha value is -1.64. The highest BCUT2D eigenvalue weighted by Gasteiger charge is 2.32. The van der Waals surface area contributed by atoms with E-state index < -0.39 is 0 Å². The van der Waals surface area contributed by atoms with E-state index in [1.54, 1.807) is 18.4 Å². The molecule has 0 amide bonds. The van der Waals surface area contributed by atoms with Crippen LogP contribution in [0.1, 0.15) is 48.8 Å². The topological polar surface area (TPSA) is 45.4 Å². The lowest BCUT2D eigenvalue weighted by atomic mass is 9.72. The van der Waals surface area contributed by atoms with Gasteiger partial charge in [0, 0.05) is 11.1 Å². The number of benzene rings is 1. The Morgan fingerprint density at radius 1 is 1.38 bits per heavy atom. The molecular weight excluding hydrogens is 408 g/mol. The van der Waals surface area contributed by atoms with Gasteiger partial charge in [0.05, 0.1) is 17.1 Å². The van der Waals surface area contributed by atoms with Crippen molar-refractivity contribution in [2.24, 2.45) is 16.3 Å². The number of hydrogen-bond donors (Lipinski definition) is 0. The molecule has 1 heterocycles. The Bertz CT molecular complexity index is 887. The molecule has 1 aromatic carbocycles. The smallest absolute Gasteiger partial charge is 0.134 e. The fourth-order valence-electron chi connectivity index (χ4n) is 3.41. The number of fused-ring (bicyclic) bond motifs is 1. The van der Waals surface area contributed by atoms with Gasteiger partial charge in [0.1, 0.15) is 16.8 Å². The molecule has 0 bridgehead atoms. The van der Waals surface area contributed by atoms with Gasteiger partial charge in [0.25, 0.3) is 0 Å². The number of nitrogens with zero attached hydrogens (tertiary/aromatic N) is 2. The van der Waals surface area contributed by atoms with E-state index in [0.29, 0.717) is 11.3 Å². The lowest BCUT2D eigenvalue weighted by Crippen LogP contribution is -2.26. The summed E-state index contributed by atoms with van der Waals surface area (Å²) in [6, 6.07) is 8.23. The molecule has 0 unspecified atom stereocenters. The monoisotopic (exact) mass is 430 g/mol. The van der Waals surface area contributed by atoms with Crippen molar-refractivity contribution in [2.45, 2.75) is 40.0 Å². The van der Waals surface area contributed by atoms with Crippen LogP contribution in [0.15, 0.2) is 27.7 Å². The van der Waals surface area contributed by atoms with E-state index in [0.717, 1.165) is 45.6 Å². The third-order valence-corrected chi connectivity index (χ3v) is 6.87. The van der Waals surface area contributed by atoms with Gasteiger partial charge in [0.15, 0.2) is 0 Å². The molecule has 5 heteroatoms. The van der Waals surface area contributed by atoms with Crippen LogP contribution < -0.4 is 4.74 Å². The van der Waals surface area contributed by atoms with E-state index in [9.17, 15) is 5.26 Å². The van der Waals surface area contributed by atoms with Gasteiger partial charge in [-0.15, -0.1) is 11.3 Å². The molecule has 1 atom stereocenters. The van der Waals surface area contributed by atoms with Gasteiger partial charge in [-0.05, 0) is 75.9 Å². The maximum Gasteiger partial charge on any atom is 0.134 e. The van der Waals surface area contributed by atoms with Gasteiger partial charge in [-0.2, -0.15) is 5.26 Å². The molecule has 136 valence electrons. The average Bonchev–Trinajstić information content (AvgIpc) is 2.96. The highest BCUT2D eigenvalue weighted by atomic mass is 79.9. The van der Waals surface area contributed by atoms with Crippen molar-refractivity contribution < 1.29 is 4.74 Å². The fraction of sp³-hybridized carbons (Fsp3) is 0.429. The van der Waals surface area contributed by atoms with Crippen LogP contribution in [0, 0.1) is 22.7 Å². The quantitative estimate of drug-likeness (QED) is 0.536. The third-order valence-electron chi connectivity index (χ3n) is 5.09. The molecule has 0 saturated heterocycles. The molecule has 26 heavy (non-hydrogen) atoms. The van der Waals surface area contributed by atoms with Crippen LogP contribution in [0.4, 0.5) is 5.00 Å². The van der Waals surface area contributed by atoms with Crippen molar-refractivity contribution in [1.29, 1.82) is 5.26 Å². The number of nitriles is 1. The summed E-state index contributed by atoms with van der Waals surface area (Å²) in [7, 11) is 1.65. The zero-order chi connectivity index (χ0) is 18.9. The van der Waals surface area contributed by atoms with Gasteiger partial charge in [0.2, 0.25) is 0 Å². The minimum absolute atomic E-state index is 0.299. The maximum absolute atomic E-state index is 9.66. The van der Waals surface area contributed by atoms with Gasteiger partial charge < -0.3 is 4.74 Å². The summed E-state index contributed by atoms with van der Waals surface area (Å²) in [6.45, 7) is 6.92. The van der Waals surface area contributed by atoms with Crippen molar-refractivity contribution in [3.63, 3.8) is 0 Å². The summed E-state index contributed by atoms with van der Waals surface area (Å²) in [5.41, 5.74) is 3.26. The Morgan fingerprint density at radius 2 is 2.15 bits per heavy atom. The molecule has 0 radical (unpaired) electrons. The highest BCUT2D eigenvalue weighted by molar-refractivity contribution is 9.10. The largest absolute Gasteiger partial charge is 0.496 e. The van der Waals surface area contributed by atoms with E-state index >= 15 is 0 Å². The third kappa shape index (κ3) is 3.87. The van der Waals surface area contributed by atoms with Gasteiger partial charge in [-0.3, -0.25) is 0 Å². The Morgan fingerprint density at radius 3 is 2.77 bits per heavy atom. The summed E-state index contributed by atoms with van der Waals surface area (Å²) in [5.74, 6) is 1.45. The zero-order valence-corrected chi connectivity index (χ0v) is 18.0. The lowest BCUT2D eigenvalue weighted by Gasteiger charge is -2.33. The standard InChI is InChI=1S/C21H23BrN2OS/c1-21(2,3)14-6-7-15-16(11-23)20(26-19(15)10-14)24-12-13-5-8-18(25-4)17(22)9-13/h5,8-9,12,14H,6-7,10H2,1-4H3/t14-/m0/s1. The van der Waals surface area contributed by atoms with Crippen molar-refractivity contribution >= 4 is 38.5 Å². The molecule has 0 aliphatic heterocycles. The Labute approximate surface area is 167 Å². The second-order valence-electron chi connectivity index (χ2n) is 7.75. The number of methoxy groups -OCH3 is 1. The molecule has 0 fully saturated rings. The first kappa shape index (κ1) is 19.1. The van der Waals surface area contributed by atoms with Crippen LogP contribution in [-0.2, 0) is 12.8 Å². The average molecular weight is 431 g/mol. The predicted molar refractivity (Wildman–Crippen MR) is 112 cm³/mol. The molecular formula is C21H23BrN2OS. The lowest BCUT2D eigenvalue weighted by molar-refractivity contribution is 0.218. The molecule has 1 aliphatic rings. The van der Waals surface area contributed by atoms with Crippen molar-refractivity contribution in [2.75, 3.05) is 7.11 Å². The molecule has 3 nitrogen and oxygen atoms in total. The van der Waals surface area contributed by atoms with Crippen molar-refractivity contribution in [3.05, 3.63) is 44.2 Å². The van der Waals surface area contributed by atoms with Crippen LogP contribution in [0.2, 0.25) is 0 Å². The van der Waals surface area contributed by atoms with E-state index in [2.05, 4.69) is 47.8 Å². The Balaban J connectivity index is 1.89. The summed E-state index contributed by atoms with van der Waals surface area (Å²) >= 11 is 5.18. The normalized spacial score (nSPS) is 17.2. The highest BCUT2D eigenvalue weighted by Crippen LogP contribution is 2.44. The number of thiophene rings is 1. The Kier molecular flexibility index (Phi) is 5.55. The van der Waals surface area contributed by atoms with Gasteiger partial charge in [-0.25, -0.2) is 4.99 Å². The van der Waals surface area contributed by atoms with Crippen LogP contribution in [-0.4, -0.2) is 13.3 Å². The van der Waals surface area contributed by atoms with E-state index in [-0.39, 0.29) is 0 Å². The number of hydrogen-bond acceptors (Lipinski definition) is 4. The zero-order valence-electron chi connectivity index (χ0n) is 15.6.